The summed E-state index contributed by atoms with van der Waals surface area (Å²) in [6.07, 6.45) is 9.09. The van der Waals surface area contributed by atoms with Crippen molar-refractivity contribution in [2.75, 3.05) is 77.6 Å². The second kappa shape index (κ2) is 17.1. The van der Waals surface area contributed by atoms with Crippen molar-refractivity contribution in [3.05, 3.63) is 102 Å². The molecule has 0 spiro atoms. The van der Waals surface area contributed by atoms with Gasteiger partial charge in [-0.2, -0.15) is 0 Å². The number of aromatic nitrogens is 3. The molecule has 12 heteroatoms. The van der Waals surface area contributed by atoms with E-state index >= 15 is 0 Å². The quantitative estimate of drug-likeness (QED) is 0.117. The molecule has 3 aliphatic heterocycles. The number of aryl methyl sites for hydroxylation is 1. The van der Waals surface area contributed by atoms with Gasteiger partial charge < -0.3 is 34.9 Å². The Labute approximate surface area is 321 Å². The van der Waals surface area contributed by atoms with Gasteiger partial charge >= 0.3 is 0 Å². The largest absolute Gasteiger partial charge is 0.382 e. The highest BCUT2D eigenvalue weighted by molar-refractivity contribution is 6.07. The fourth-order valence-corrected chi connectivity index (χ4v) is 7.99. The number of H-pyrrole nitrogens is 1. The Balaban J connectivity index is 0.666. The second-order valence-electron chi connectivity index (χ2n) is 14.7. The zero-order valence-electron chi connectivity index (χ0n) is 31.4. The zero-order chi connectivity index (χ0) is 37.6. The van der Waals surface area contributed by atoms with Gasteiger partial charge in [-0.05, 0) is 68.1 Å². The molecule has 0 radical (unpaired) electrons. The van der Waals surface area contributed by atoms with Crippen molar-refractivity contribution in [3.63, 3.8) is 0 Å². The number of anilines is 1. The van der Waals surface area contributed by atoms with Crippen LogP contribution in [0.5, 0.6) is 0 Å². The molecule has 3 aliphatic rings. The molecule has 0 saturated carbocycles. The van der Waals surface area contributed by atoms with E-state index in [9.17, 15) is 9.59 Å². The number of rotatable bonds is 16. The number of hydrogen-bond acceptors (Lipinski definition) is 9. The van der Waals surface area contributed by atoms with E-state index in [1.807, 2.05) is 42.9 Å². The molecule has 8 rings (SSSR count). The Morgan fingerprint density at radius 3 is 2.49 bits per heavy atom. The fraction of sp³-hybridized carbons (Fsp3) is 0.395. The van der Waals surface area contributed by atoms with Crippen LogP contribution >= 0.6 is 0 Å². The predicted molar refractivity (Wildman–Crippen MR) is 215 cm³/mol. The van der Waals surface area contributed by atoms with Crippen LogP contribution in [0, 0.1) is 0 Å². The van der Waals surface area contributed by atoms with Crippen LogP contribution in [0.25, 0.3) is 32.9 Å². The Kier molecular flexibility index (Phi) is 11.5. The van der Waals surface area contributed by atoms with E-state index < -0.39 is 6.04 Å². The number of piperidine rings is 1. The van der Waals surface area contributed by atoms with Gasteiger partial charge in [0.05, 0.1) is 26.4 Å². The van der Waals surface area contributed by atoms with Crippen molar-refractivity contribution >= 4 is 39.3 Å². The lowest BCUT2D eigenvalue weighted by Crippen LogP contribution is -2.49. The van der Waals surface area contributed by atoms with Gasteiger partial charge in [0.2, 0.25) is 5.91 Å². The Morgan fingerprint density at radius 2 is 1.67 bits per heavy atom. The minimum absolute atomic E-state index is 0.0940. The van der Waals surface area contributed by atoms with Gasteiger partial charge in [-0.25, -0.2) is 0 Å². The highest BCUT2D eigenvalue weighted by Crippen LogP contribution is 2.33. The van der Waals surface area contributed by atoms with Crippen molar-refractivity contribution < 1.29 is 19.1 Å². The Hall–Kier alpha value is -5.14. The SMILES string of the molecule is C=C1CCC(N2Cc3c(NCCOCCOCCN4CCN(CCCc5ccc(-c6ccc7c(c6)[nH]c6ccncc67)cn5)CC4)cccc3C2=O)C(=O)N1. The highest BCUT2D eigenvalue weighted by atomic mass is 16.5. The van der Waals surface area contributed by atoms with Crippen LogP contribution in [0.15, 0.2) is 85.5 Å². The van der Waals surface area contributed by atoms with Crippen molar-refractivity contribution in [2.45, 2.75) is 38.3 Å². The first-order valence-electron chi connectivity index (χ1n) is 19.6. The van der Waals surface area contributed by atoms with Crippen LogP contribution in [0.2, 0.25) is 0 Å². The van der Waals surface area contributed by atoms with E-state index in [0.717, 1.165) is 96.6 Å². The summed E-state index contributed by atoms with van der Waals surface area (Å²) in [5.41, 5.74) is 8.86. The van der Waals surface area contributed by atoms with Crippen molar-refractivity contribution in [2.24, 2.45) is 0 Å². The summed E-state index contributed by atoms with van der Waals surface area (Å²) in [5, 5.41) is 8.55. The third-order valence-corrected chi connectivity index (χ3v) is 11.1. The third kappa shape index (κ3) is 8.57. The molecule has 2 aromatic carbocycles. The van der Waals surface area contributed by atoms with Gasteiger partial charge in [-0.1, -0.05) is 30.8 Å². The molecule has 2 saturated heterocycles. The number of aromatic amines is 1. The molecule has 0 aliphatic carbocycles. The number of fused-ring (bicyclic) bond motifs is 4. The van der Waals surface area contributed by atoms with E-state index in [-0.39, 0.29) is 11.8 Å². The number of allylic oxidation sites excluding steroid dienone is 1. The summed E-state index contributed by atoms with van der Waals surface area (Å²) in [6, 6.07) is 18.1. The van der Waals surface area contributed by atoms with Gasteiger partial charge in [0.15, 0.2) is 0 Å². The van der Waals surface area contributed by atoms with Crippen LogP contribution in [0.1, 0.15) is 40.9 Å². The van der Waals surface area contributed by atoms with E-state index in [1.54, 1.807) is 4.90 Å². The van der Waals surface area contributed by atoms with Crippen molar-refractivity contribution in [3.8, 4) is 11.1 Å². The third-order valence-electron chi connectivity index (χ3n) is 11.1. The van der Waals surface area contributed by atoms with Gasteiger partial charge in [0.1, 0.15) is 6.04 Å². The summed E-state index contributed by atoms with van der Waals surface area (Å²) < 4.78 is 11.7. The maximum Gasteiger partial charge on any atom is 0.255 e. The number of piperazine rings is 1. The first-order valence-corrected chi connectivity index (χ1v) is 19.6. The predicted octanol–water partition coefficient (Wildman–Crippen LogP) is 5.22. The topological polar surface area (TPSA) is 128 Å². The van der Waals surface area contributed by atoms with Crippen molar-refractivity contribution in [1.82, 2.24) is 35.0 Å². The molecule has 55 heavy (non-hydrogen) atoms. The number of hydrogen-bond donors (Lipinski definition) is 3. The van der Waals surface area contributed by atoms with Crippen LogP contribution in [0.4, 0.5) is 5.69 Å². The number of carbonyl (C=O) groups is 2. The fourth-order valence-electron chi connectivity index (χ4n) is 7.99. The molecule has 0 bridgehead atoms. The molecule has 6 heterocycles. The lowest BCUT2D eigenvalue weighted by molar-refractivity contribution is -0.126. The van der Waals surface area contributed by atoms with E-state index in [0.29, 0.717) is 63.6 Å². The summed E-state index contributed by atoms with van der Waals surface area (Å²) >= 11 is 0. The average Bonchev–Trinajstić information content (AvgIpc) is 3.75. The van der Waals surface area contributed by atoms with Crippen LogP contribution < -0.4 is 10.6 Å². The lowest BCUT2D eigenvalue weighted by atomic mass is 10.0. The number of pyridine rings is 2. The minimum atomic E-state index is -0.464. The van der Waals surface area contributed by atoms with E-state index in [2.05, 4.69) is 67.3 Å². The van der Waals surface area contributed by atoms with Crippen LogP contribution in [-0.4, -0.2) is 120 Å². The molecule has 3 aromatic heterocycles. The monoisotopic (exact) mass is 742 g/mol. The summed E-state index contributed by atoms with van der Waals surface area (Å²) in [6.45, 7) is 13.5. The molecule has 2 amide bonds. The molecule has 12 nitrogen and oxygen atoms in total. The first kappa shape index (κ1) is 36.8. The number of carbonyl (C=O) groups excluding carboxylic acids is 2. The maximum absolute atomic E-state index is 13.1. The van der Waals surface area contributed by atoms with Crippen molar-refractivity contribution in [1.29, 1.82) is 0 Å². The molecule has 3 N–H and O–H groups in total. The maximum atomic E-state index is 13.1. The summed E-state index contributed by atoms with van der Waals surface area (Å²) in [5.74, 6) is -0.248. The number of benzene rings is 2. The van der Waals surface area contributed by atoms with Gasteiger partial charge in [-0.3, -0.25) is 24.5 Å². The normalized spacial score (nSPS) is 18.0. The molecular weight excluding hydrogens is 693 g/mol. The molecule has 1 atom stereocenters. The zero-order valence-corrected chi connectivity index (χ0v) is 31.4. The number of nitrogens with zero attached hydrogens (tertiary/aromatic N) is 5. The Morgan fingerprint density at radius 1 is 0.855 bits per heavy atom. The van der Waals surface area contributed by atoms with Crippen LogP contribution in [-0.2, 0) is 27.2 Å². The molecule has 286 valence electrons. The highest BCUT2D eigenvalue weighted by Gasteiger charge is 2.38. The molecule has 1 unspecified atom stereocenters. The average molecular weight is 743 g/mol. The lowest BCUT2D eigenvalue weighted by Gasteiger charge is -2.34. The van der Waals surface area contributed by atoms with Gasteiger partial charge in [0, 0.05) is 120 Å². The van der Waals surface area contributed by atoms with Gasteiger partial charge in [0.25, 0.3) is 5.91 Å². The van der Waals surface area contributed by atoms with E-state index in [4.69, 9.17) is 14.5 Å². The molecule has 5 aromatic rings. The summed E-state index contributed by atoms with van der Waals surface area (Å²) in [4.78, 5) is 44.9. The molecular formula is C43H50N8O4. The molecule has 2 fully saturated rings. The standard InChI is InChI=1S/C43H50N8O4/c1-30-7-12-41(42(52)47-30)51-29-37-35(43(51)53)5-2-6-38(37)45-15-22-54-24-25-55-23-21-50-19-17-49(18-20-50)16-3-4-33-10-8-32(27-46-33)31-9-11-34-36-28-44-14-13-39(36)48-40(34)26-31/h2,5-6,8-11,13-14,26-28,41,45,48H,1,3-4,7,12,15-25,29H2,(H,47,52). The smallest absolute Gasteiger partial charge is 0.255 e. The second-order valence-corrected chi connectivity index (χ2v) is 14.7. The number of nitrogens with one attached hydrogen (secondary N) is 3. The minimum Gasteiger partial charge on any atom is -0.382 e. The van der Waals surface area contributed by atoms with E-state index in [1.165, 1.54) is 5.39 Å². The Bertz CT molecular complexity index is 2140. The number of amides is 2. The van der Waals surface area contributed by atoms with Gasteiger partial charge in [-0.15, -0.1) is 0 Å². The first-order chi connectivity index (χ1) is 27.0. The summed E-state index contributed by atoms with van der Waals surface area (Å²) in [7, 11) is 0. The number of ether oxygens (including phenoxy) is 2. The van der Waals surface area contributed by atoms with Crippen LogP contribution in [0.3, 0.4) is 0 Å².